The van der Waals surface area contributed by atoms with Gasteiger partial charge in [-0.2, -0.15) is 0 Å². The van der Waals surface area contributed by atoms with Crippen molar-refractivity contribution in [2.75, 3.05) is 21.3 Å². The van der Waals surface area contributed by atoms with E-state index in [1.54, 1.807) is 30.3 Å². The standard InChI is InChI=1S/C26H19Cl2N5O2/c27-15-6-9-23(22(28)11-15)33-26(35)31-18-4-1-3-17(12-18)30-19-7-8-20-21(13-16-5-2-10-29-16)25(34)32-24(20)14-19/h1-14,29-30H,(H,32,34)(H2,31,33,35)/b21-13+. The van der Waals surface area contributed by atoms with Crippen LogP contribution in [0.2, 0.25) is 10.0 Å². The quantitative estimate of drug-likeness (QED) is 0.186. The van der Waals surface area contributed by atoms with Gasteiger partial charge in [0.25, 0.3) is 5.91 Å². The molecule has 0 spiro atoms. The number of rotatable bonds is 5. The third-order valence-electron chi connectivity index (χ3n) is 5.31. The smallest absolute Gasteiger partial charge is 0.323 e. The first-order valence-electron chi connectivity index (χ1n) is 10.7. The van der Waals surface area contributed by atoms with Gasteiger partial charge in [-0.3, -0.25) is 4.79 Å². The molecule has 1 aromatic heterocycles. The minimum absolute atomic E-state index is 0.148. The molecule has 0 atom stereocenters. The van der Waals surface area contributed by atoms with Gasteiger partial charge < -0.3 is 26.3 Å². The maximum absolute atomic E-state index is 12.5. The van der Waals surface area contributed by atoms with E-state index in [1.807, 2.05) is 54.7 Å². The maximum Gasteiger partial charge on any atom is 0.323 e. The fourth-order valence-electron chi connectivity index (χ4n) is 3.72. The Morgan fingerprint density at radius 3 is 2.49 bits per heavy atom. The van der Waals surface area contributed by atoms with E-state index in [1.165, 1.54) is 0 Å². The number of halogens is 2. The van der Waals surface area contributed by atoms with Crippen LogP contribution in [0.3, 0.4) is 0 Å². The van der Waals surface area contributed by atoms with E-state index in [9.17, 15) is 9.59 Å². The van der Waals surface area contributed by atoms with Gasteiger partial charge in [0.15, 0.2) is 0 Å². The zero-order chi connectivity index (χ0) is 24.4. The van der Waals surface area contributed by atoms with Crippen molar-refractivity contribution >= 4 is 75.2 Å². The Balaban J connectivity index is 1.28. The van der Waals surface area contributed by atoms with Crippen LogP contribution in [-0.2, 0) is 4.79 Å². The zero-order valence-corrected chi connectivity index (χ0v) is 19.7. The second-order valence-corrected chi connectivity index (χ2v) is 8.65. The second kappa shape index (κ2) is 9.58. The number of H-pyrrole nitrogens is 1. The lowest BCUT2D eigenvalue weighted by Gasteiger charge is -2.12. The molecule has 0 saturated carbocycles. The molecule has 0 aliphatic carbocycles. The topological polar surface area (TPSA) is 98.1 Å². The van der Waals surface area contributed by atoms with Gasteiger partial charge in [-0.15, -0.1) is 0 Å². The Hall–Kier alpha value is -4.20. The van der Waals surface area contributed by atoms with Crippen LogP contribution in [-0.4, -0.2) is 16.9 Å². The van der Waals surface area contributed by atoms with Gasteiger partial charge in [-0.25, -0.2) is 4.79 Å². The Morgan fingerprint density at radius 2 is 1.69 bits per heavy atom. The molecule has 0 unspecified atom stereocenters. The van der Waals surface area contributed by atoms with Gasteiger partial charge >= 0.3 is 6.03 Å². The summed E-state index contributed by atoms with van der Waals surface area (Å²) in [6.07, 6.45) is 3.64. The molecule has 0 fully saturated rings. The van der Waals surface area contributed by atoms with E-state index in [4.69, 9.17) is 23.2 Å². The molecular weight excluding hydrogens is 485 g/mol. The number of aromatic amines is 1. The van der Waals surface area contributed by atoms with Crippen LogP contribution in [0.25, 0.3) is 11.6 Å². The third kappa shape index (κ3) is 5.16. The number of hydrogen-bond donors (Lipinski definition) is 5. The van der Waals surface area contributed by atoms with Gasteiger partial charge in [-0.1, -0.05) is 35.3 Å². The SMILES string of the molecule is O=C(Nc1cccc(Nc2ccc3c(c2)NC(=O)/C3=C/c2ccc[nH]2)c1)Nc1ccc(Cl)cc1Cl. The molecule has 1 aliphatic rings. The second-order valence-electron chi connectivity index (χ2n) is 7.81. The lowest BCUT2D eigenvalue weighted by atomic mass is 10.1. The molecule has 9 heteroatoms. The van der Waals surface area contributed by atoms with Gasteiger partial charge in [0.05, 0.1) is 22.0 Å². The molecule has 35 heavy (non-hydrogen) atoms. The number of carbonyl (C=O) groups excluding carboxylic acids is 2. The summed E-state index contributed by atoms with van der Waals surface area (Å²) in [4.78, 5) is 28.0. The minimum atomic E-state index is -0.437. The molecule has 5 N–H and O–H groups in total. The van der Waals surface area contributed by atoms with Crippen molar-refractivity contribution in [1.29, 1.82) is 0 Å². The molecular formula is C26H19Cl2N5O2. The highest BCUT2D eigenvalue weighted by Gasteiger charge is 2.24. The zero-order valence-electron chi connectivity index (χ0n) is 18.2. The normalized spacial score (nSPS) is 13.3. The highest BCUT2D eigenvalue weighted by atomic mass is 35.5. The number of anilines is 5. The number of amides is 3. The Labute approximate surface area is 211 Å². The average molecular weight is 504 g/mol. The molecule has 3 amide bonds. The van der Waals surface area contributed by atoms with E-state index < -0.39 is 6.03 Å². The lowest BCUT2D eigenvalue weighted by Crippen LogP contribution is -2.19. The van der Waals surface area contributed by atoms with Crippen molar-refractivity contribution in [3.05, 3.63) is 100 Å². The molecule has 7 nitrogen and oxygen atoms in total. The van der Waals surface area contributed by atoms with Crippen molar-refractivity contribution in [3.8, 4) is 0 Å². The number of aromatic nitrogens is 1. The van der Waals surface area contributed by atoms with Gasteiger partial charge in [0, 0.05) is 39.5 Å². The van der Waals surface area contributed by atoms with Crippen LogP contribution in [0, 0.1) is 0 Å². The summed E-state index contributed by atoms with van der Waals surface area (Å²) in [5.74, 6) is -0.148. The van der Waals surface area contributed by atoms with Crippen LogP contribution in [0.4, 0.5) is 33.2 Å². The minimum Gasteiger partial charge on any atom is -0.362 e. The summed E-state index contributed by atoms with van der Waals surface area (Å²) in [5, 5.41) is 12.5. The van der Waals surface area contributed by atoms with Crippen molar-refractivity contribution in [2.24, 2.45) is 0 Å². The van der Waals surface area contributed by atoms with E-state index in [0.717, 1.165) is 28.3 Å². The number of hydrogen-bond acceptors (Lipinski definition) is 3. The fourth-order valence-corrected chi connectivity index (χ4v) is 4.18. The first-order chi connectivity index (χ1) is 16.9. The number of nitrogens with one attached hydrogen (secondary N) is 5. The van der Waals surface area contributed by atoms with Gasteiger partial charge in [-0.05, 0) is 66.7 Å². The van der Waals surface area contributed by atoms with Crippen LogP contribution >= 0.6 is 23.2 Å². The average Bonchev–Trinajstić information content (AvgIpc) is 3.44. The molecule has 0 saturated heterocycles. The summed E-state index contributed by atoms with van der Waals surface area (Å²) in [6.45, 7) is 0. The van der Waals surface area contributed by atoms with Crippen LogP contribution in [0.1, 0.15) is 11.3 Å². The molecule has 3 aromatic carbocycles. The molecule has 4 aromatic rings. The van der Waals surface area contributed by atoms with E-state index >= 15 is 0 Å². The van der Waals surface area contributed by atoms with Crippen molar-refractivity contribution in [1.82, 2.24) is 4.98 Å². The summed E-state index contributed by atoms with van der Waals surface area (Å²) >= 11 is 12.0. The summed E-state index contributed by atoms with van der Waals surface area (Å²) in [7, 11) is 0. The number of fused-ring (bicyclic) bond motifs is 1. The monoisotopic (exact) mass is 503 g/mol. The molecule has 0 bridgehead atoms. The Bertz CT molecular complexity index is 1460. The highest BCUT2D eigenvalue weighted by Crippen LogP contribution is 2.35. The van der Waals surface area contributed by atoms with Gasteiger partial charge in [0.2, 0.25) is 0 Å². The lowest BCUT2D eigenvalue weighted by molar-refractivity contribution is -0.110. The fraction of sp³-hybridized carbons (Fsp3) is 0. The van der Waals surface area contributed by atoms with E-state index in [2.05, 4.69) is 26.3 Å². The van der Waals surface area contributed by atoms with E-state index in [0.29, 0.717) is 27.0 Å². The summed E-state index contributed by atoms with van der Waals surface area (Å²) < 4.78 is 0. The van der Waals surface area contributed by atoms with E-state index in [-0.39, 0.29) is 5.91 Å². The number of carbonyl (C=O) groups is 2. The van der Waals surface area contributed by atoms with Crippen molar-refractivity contribution < 1.29 is 9.59 Å². The molecule has 174 valence electrons. The number of benzene rings is 3. The third-order valence-corrected chi connectivity index (χ3v) is 5.86. The predicted molar refractivity (Wildman–Crippen MR) is 143 cm³/mol. The Morgan fingerprint density at radius 1 is 0.857 bits per heavy atom. The largest absolute Gasteiger partial charge is 0.362 e. The molecule has 5 rings (SSSR count). The molecule has 0 radical (unpaired) electrons. The summed E-state index contributed by atoms with van der Waals surface area (Å²) in [6, 6.07) is 21.1. The van der Waals surface area contributed by atoms with Gasteiger partial charge in [0.1, 0.15) is 0 Å². The molecule has 2 heterocycles. The van der Waals surface area contributed by atoms with Crippen LogP contribution in [0.5, 0.6) is 0 Å². The van der Waals surface area contributed by atoms with Crippen LogP contribution in [0.15, 0.2) is 79.0 Å². The van der Waals surface area contributed by atoms with Crippen molar-refractivity contribution in [2.45, 2.75) is 0 Å². The highest BCUT2D eigenvalue weighted by molar-refractivity contribution is 6.37. The first-order valence-corrected chi connectivity index (χ1v) is 11.4. The van der Waals surface area contributed by atoms with Crippen LogP contribution < -0.4 is 21.3 Å². The summed E-state index contributed by atoms with van der Waals surface area (Å²) in [5.41, 5.74) is 5.62. The Kier molecular flexibility index (Phi) is 6.18. The predicted octanol–water partition coefficient (Wildman–Crippen LogP) is 7.20. The molecule has 1 aliphatic heterocycles. The first kappa shape index (κ1) is 22.6. The van der Waals surface area contributed by atoms with Crippen molar-refractivity contribution in [3.63, 3.8) is 0 Å². The maximum atomic E-state index is 12.5. The number of urea groups is 1.